The highest BCUT2D eigenvalue weighted by Crippen LogP contribution is 2.25. The van der Waals surface area contributed by atoms with Crippen molar-refractivity contribution in [2.75, 3.05) is 25.0 Å². The van der Waals surface area contributed by atoms with Crippen LogP contribution in [0, 0.1) is 5.92 Å². The van der Waals surface area contributed by atoms with E-state index < -0.39 is 0 Å². The van der Waals surface area contributed by atoms with Crippen molar-refractivity contribution in [3.05, 3.63) is 47.9 Å². The fourth-order valence-corrected chi connectivity index (χ4v) is 3.29. The van der Waals surface area contributed by atoms with Crippen LogP contribution in [0.4, 0.5) is 11.6 Å². The first-order chi connectivity index (χ1) is 12.8. The molecule has 0 atom stereocenters. The van der Waals surface area contributed by atoms with Gasteiger partial charge in [-0.25, -0.2) is 4.98 Å². The number of anilines is 2. The Morgan fingerprint density at radius 1 is 1.15 bits per heavy atom. The molecule has 0 unspecified atom stereocenters. The predicted octanol–water partition coefficient (Wildman–Crippen LogP) is 3.80. The zero-order valence-corrected chi connectivity index (χ0v) is 15.0. The van der Waals surface area contributed by atoms with Crippen LogP contribution in [0.2, 0.25) is 5.02 Å². The summed E-state index contributed by atoms with van der Waals surface area (Å²) in [5, 5.41) is 9.16. The first-order valence-electron chi connectivity index (χ1n) is 8.75. The second-order valence-corrected chi connectivity index (χ2v) is 6.81. The highest BCUT2D eigenvalue weighted by Gasteiger charge is 2.14. The van der Waals surface area contributed by atoms with Gasteiger partial charge in [0, 0.05) is 16.6 Å². The van der Waals surface area contributed by atoms with Gasteiger partial charge < -0.3 is 15.4 Å². The van der Waals surface area contributed by atoms with Gasteiger partial charge in [-0.2, -0.15) is 4.98 Å². The maximum Gasteiger partial charge on any atom is 0.234 e. The number of ether oxygens (including phenoxy) is 1. The number of fused-ring (bicyclic) bond motifs is 1. The van der Waals surface area contributed by atoms with Gasteiger partial charge in [0.1, 0.15) is 5.82 Å². The number of nitrogens with one attached hydrogen (secondary N) is 2. The number of hydrogen-bond acceptors (Lipinski definition) is 6. The van der Waals surface area contributed by atoms with Crippen LogP contribution in [0.1, 0.15) is 12.8 Å². The number of benzene rings is 1. The molecule has 2 aromatic heterocycles. The van der Waals surface area contributed by atoms with Crippen LogP contribution in [0.25, 0.3) is 10.8 Å². The molecule has 3 aromatic rings. The van der Waals surface area contributed by atoms with Crippen molar-refractivity contribution in [2.45, 2.75) is 12.8 Å². The molecule has 0 amide bonds. The van der Waals surface area contributed by atoms with Gasteiger partial charge >= 0.3 is 0 Å². The second kappa shape index (κ2) is 7.85. The lowest BCUT2D eigenvalue weighted by Gasteiger charge is -2.22. The van der Waals surface area contributed by atoms with Crippen molar-refractivity contribution in [1.82, 2.24) is 20.3 Å². The van der Waals surface area contributed by atoms with Crippen LogP contribution < -0.4 is 15.4 Å². The highest BCUT2D eigenvalue weighted by molar-refractivity contribution is 6.35. The number of hydrogen-bond donors (Lipinski definition) is 2. The molecule has 7 heteroatoms. The van der Waals surface area contributed by atoms with Crippen molar-refractivity contribution >= 4 is 34.0 Å². The van der Waals surface area contributed by atoms with Crippen LogP contribution in [0.5, 0.6) is 5.88 Å². The van der Waals surface area contributed by atoms with E-state index in [1.165, 1.54) is 0 Å². The van der Waals surface area contributed by atoms with Crippen molar-refractivity contribution in [3.63, 3.8) is 0 Å². The summed E-state index contributed by atoms with van der Waals surface area (Å²) >= 11 is 6.19. The molecule has 2 N–H and O–H groups in total. The maximum atomic E-state index is 6.19. The quantitative estimate of drug-likeness (QED) is 0.712. The van der Waals surface area contributed by atoms with Gasteiger partial charge in [0.2, 0.25) is 5.88 Å². The molecule has 6 nitrogen and oxygen atoms in total. The molecule has 134 valence electrons. The molecule has 0 saturated carbocycles. The third-order valence-corrected chi connectivity index (χ3v) is 4.84. The molecule has 26 heavy (non-hydrogen) atoms. The summed E-state index contributed by atoms with van der Waals surface area (Å²) in [5.41, 5.74) is 0. The smallest absolute Gasteiger partial charge is 0.234 e. The van der Waals surface area contributed by atoms with E-state index in [-0.39, 0.29) is 0 Å². The number of piperidine rings is 1. The molecule has 1 saturated heterocycles. The van der Waals surface area contributed by atoms with Gasteiger partial charge in [-0.3, -0.25) is 4.98 Å². The van der Waals surface area contributed by atoms with Crippen molar-refractivity contribution in [3.8, 4) is 5.88 Å². The second-order valence-electron chi connectivity index (χ2n) is 6.40. The van der Waals surface area contributed by atoms with Gasteiger partial charge in [-0.1, -0.05) is 23.7 Å². The van der Waals surface area contributed by atoms with Gasteiger partial charge in [0.15, 0.2) is 5.82 Å². The van der Waals surface area contributed by atoms with E-state index in [0.717, 1.165) is 36.7 Å². The molecule has 1 fully saturated rings. The number of halogens is 1. The van der Waals surface area contributed by atoms with Crippen molar-refractivity contribution in [2.24, 2.45) is 5.92 Å². The number of nitrogens with zero attached hydrogens (tertiary/aromatic N) is 3. The minimum absolute atomic E-state index is 0.525. The summed E-state index contributed by atoms with van der Waals surface area (Å²) in [6.07, 6.45) is 7.32. The lowest BCUT2D eigenvalue weighted by molar-refractivity contribution is 0.208. The third-order valence-electron chi connectivity index (χ3n) is 4.51. The Kier molecular flexibility index (Phi) is 5.13. The molecule has 0 bridgehead atoms. The summed E-state index contributed by atoms with van der Waals surface area (Å²) in [5.74, 6) is 2.38. The van der Waals surface area contributed by atoms with E-state index in [1.54, 1.807) is 18.6 Å². The Balaban J connectivity index is 1.44. The molecule has 0 spiro atoms. The Labute approximate surface area is 157 Å². The van der Waals surface area contributed by atoms with E-state index in [4.69, 9.17) is 16.3 Å². The molecular formula is C19H20ClN5O. The average Bonchev–Trinajstić information content (AvgIpc) is 2.68. The molecule has 1 aromatic carbocycles. The standard InChI is InChI=1S/C19H20ClN5O/c20-16-3-1-2-14-8-17(23-9-15(14)16)24-18-10-22-11-19(25-18)26-12-13-4-6-21-7-5-13/h1-3,8-11,13,21H,4-7,12H2,(H,23,24,25). The summed E-state index contributed by atoms with van der Waals surface area (Å²) in [7, 11) is 0. The maximum absolute atomic E-state index is 6.19. The van der Waals surface area contributed by atoms with Gasteiger partial charge in [0.25, 0.3) is 0 Å². The molecule has 4 rings (SSSR count). The molecule has 0 radical (unpaired) electrons. The van der Waals surface area contributed by atoms with Crippen molar-refractivity contribution < 1.29 is 4.74 Å². The van der Waals surface area contributed by atoms with Crippen LogP contribution in [0.3, 0.4) is 0 Å². The lowest BCUT2D eigenvalue weighted by atomic mass is 9.99. The van der Waals surface area contributed by atoms with Gasteiger partial charge in [-0.05, 0) is 49.4 Å². The molecule has 1 aliphatic heterocycles. The topological polar surface area (TPSA) is 72.0 Å². The largest absolute Gasteiger partial charge is 0.476 e. The molecule has 1 aliphatic rings. The van der Waals surface area contributed by atoms with E-state index in [0.29, 0.717) is 35.1 Å². The average molecular weight is 370 g/mol. The normalized spacial score (nSPS) is 15.1. The van der Waals surface area contributed by atoms with Gasteiger partial charge in [0.05, 0.1) is 19.0 Å². The third kappa shape index (κ3) is 4.03. The summed E-state index contributed by atoms with van der Waals surface area (Å²) in [4.78, 5) is 13.1. The fraction of sp³-hybridized carbons (Fsp3) is 0.316. The monoisotopic (exact) mass is 369 g/mol. The number of aromatic nitrogens is 3. The Hall–Kier alpha value is -2.44. The summed E-state index contributed by atoms with van der Waals surface area (Å²) < 4.78 is 5.83. The lowest BCUT2D eigenvalue weighted by Crippen LogP contribution is -2.30. The first kappa shape index (κ1) is 17.0. The molecule has 0 aliphatic carbocycles. The van der Waals surface area contributed by atoms with Crippen LogP contribution in [-0.2, 0) is 0 Å². The minimum Gasteiger partial charge on any atom is -0.476 e. The summed E-state index contributed by atoms with van der Waals surface area (Å²) in [6, 6.07) is 7.71. The number of rotatable bonds is 5. The molecule has 3 heterocycles. The van der Waals surface area contributed by atoms with Crippen LogP contribution >= 0.6 is 11.6 Å². The van der Waals surface area contributed by atoms with Crippen molar-refractivity contribution in [1.29, 1.82) is 0 Å². The van der Waals surface area contributed by atoms with Crippen LogP contribution in [0.15, 0.2) is 42.9 Å². The highest BCUT2D eigenvalue weighted by atomic mass is 35.5. The fourth-order valence-electron chi connectivity index (χ4n) is 3.06. The predicted molar refractivity (Wildman–Crippen MR) is 103 cm³/mol. The van der Waals surface area contributed by atoms with E-state index in [9.17, 15) is 0 Å². The van der Waals surface area contributed by atoms with Crippen LogP contribution in [-0.4, -0.2) is 34.6 Å². The van der Waals surface area contributed by atoms with E-state index in [2.05, 4.69) is 25.6 Å². The summed E-state index contributed by atoms with van der Waals surface area (Å²) in [6.45, 7) is 2.78. The zero-order valence-electron chi connectivity index (χ0n) is 14.3. The number of pyridine rings is 1. The first-order valence-corrected chi connectivity index (χ1v) is 9.12. The van der Waals surface area contributed by atoms with E-state index in [1.807, 2.05) is 24.3 Å². The van der Waals surface area contributed by atoms with E-state index >= 15 is 0 Å². The minimum atomic E-state index is 0.525. The SMILES string of the molecule is Clc1cccc2cc(Nc3cncc(OCC4CCNCC4)n3)ncc12. The van der Waals surface area contributed by atoms with Gasteiger partial charge in [-0.15, -0.1) is 0 Å². The Bertz CT molecular complexity index is 898. The molecular weight excluding hydrogens is 350 g/mol. The Morgan fingerprint density at radius 3 is 2.92 bits per heavy atom. The Morgan fingerprint density at radius 2 is 2.04 bits per heavy atom. The zero-order chi connectivity index (χ0) is 17.8.